The summed E-state index contributed by atoms with van der Waals surface area (Å²) in [5, 5.41) is 22.2. The van der Waals surface area contributed by atoms with E-state index in [9.17, 15) is 18.7 Å². The summed E-state index contributed by atoms with van der Waals surface area (Å²) in [7, 11) is 0. The number of aromatic amines is 1. The van der Waals surface area contributed by atoms with Crippen LogP contribution in [0.15, 0.2) is 48.7 Å². The Labute approximate surface area is 162 Å². The lowest BCUT2D eigenvalue weighted by atomic mass is 10.1. The van der Waals surface area contributed by atoms with E-state index in [0.717, 1.165) is 12.1 Å². The van der Waals surface area contributed by atoms with Crippen LogP contribution in [0.1, 0.15) is 5.56 Å². The van der Waals surface area contributed by atoms with Crippen molar-refractivity contribution in [3.8, 4) is 17.3 Å². The fraction of sp³-hybridized carbons (Fsp3) is 0.0500. The van der Waals surface area contributed by atoms with Crippen molar-refractivity contribution in [1.29, 1.82) is 0 Å². The van der Waals surface area contributed by atoms with Gasteiger partial charge in [-0.25, -0.2) is 18.7 Å². The van der Waals surface area contributed by atoms with Crippen molar-refractivity contribution >= 4 is 28.4 Å². The van der Waals surface area contributed by atoms with Crippen LogP contribution >= 0.6 is 0 Å². The van der Waals surface area contributed by atoms with Gasteiger partial charge in [-0.15, -0.1) is 0 Å². The number of aliphatic carboxylic acids is 1. The molecule has 4 N–H and O–H groups in total. The molecule has 0 radical (unpaired) electrons. The highest BCUT2D eigenvalue weighted by atomic mass is 19.1. The maximum atomic E-state index is 14.2. The van der Waals surface area contributed by atoms with Crippen LogP contribution in [0.25, 0.3) is 22.3 Å². The summed E-state index contributed by atoms with van der Waals surface area (Å²) in [6.07, 6.45) is 1.28. The molecular weight excluding hydrogens is 382 g/mol. The van der Waals surface area contributed by atoms with Gasteiger partial charge in [0.25, 0.3) is 0 Å². The van der Waals surface area contributed by atoms with E-state index < -0.39 is 17.6 Å². The van der Waals surface area contributed by atoms with Gasteiger partial charge in [-0.2, -0.15) is 0 Å². The molecular formula is C20H14F2N4O3. The van der Waals surface area contributed by atoms with Gasteiger partial charge in [-0.1, -0.05) is 18.2 Å². The van der Waals surface area contributed by atoms with E-state index >= 15 is 0 Å². The molecule has 0 bridgehead atoms. The maximum absolute atomic E-state index is 14.2. The van der Waals surface area contributed by atoms with Crippen molar-refractivity contribution in [2.24, 2.45) is 0 Å². The summed E-state index contributed by atoms with van der Waals surface area (Å²) in [5.74, 6) is -2.82. The number of anilines is 2. The number of fused-ring (bicyclic) bond motifs is 1. The number of benzene rings is 2. The lowest BCUT2D eigenvalue weighted by Crippen LogP contribution is -2.02. The molecule has 0 fully saturated rings. The normalized spacial score (nSPS) is 11.0. The molecule has 0 aliphatic heterocycles. The largest absolute Gasteiger partial charge is 0.494 e. The second kappa shape index (κ2) is 7.19. The molecule has 9 heteroatoms. The van der Waals surface area contributed by atoms with Gasteiger partial charge in [-0.05, 0) is 29.8 Å². The Kier molecular flexibility index (Phi) is 4.55. The quantitative estimate of drug-likeness (QED) is 0.406. The summed E-state index contributed by atoms with van der Waals surface area (Å²) in [4.78, 5) is 21.8. The van der Waals surface area contributed by atoms with Gasteiger partial charge in [0.1, 0.15) is 22.8 Å². The number of aromatic nitrogens is 3. The highest BCUT2D eigenvalue weighted by molar-refractivity contribution is 5.96. The zero-order valence-corrected chi connectivity index (χ0v) is 14.8. The Morgan fingerprint density at radius 3 is 2.41 bits per heavy atom. The second-order valence-electron chi connectivity index (χ2n) is 6.28. The van der Waals surface area contributed by atoms with E-state index in [1.807, 2.05) is 0 Å². The smallest absolute Gasteiger partial charge is 0.307 e. The molecule has 2 heterocycles. The maximum Gasteiger partial charge on any atom is 0.307 e. The number of nitrogens with zero attached hydrogens (tertiary/aromatic N) is 2. The summed E-state index contributed by atoms with van der Waals surface area (Å²) in [6.45, 7) is 0. The van der Waals surface area contributed by atoms with Crippen LogP contribution in [0.5, 0.6) is 5.88 Å². The molecule has 0 aliphatic rings. The number of carboxylic acid groups (broad SMARTS) is 1. The van der Waals surface area contributed by atoms with Crippen LogP contribution in [0, 0.1) is 11.6 Å². The molecule has 0 unspecified atom stereocenters. The van der Waals surface area contributed by atoms with Crippen molar-refractivity contribution in [3.05, 3.63) is 65.9 Å². The molecule has 0 atom stereocenters. The zero-order chi connectivity index (χ0) is 20.5. The number of H-pyrrole nitrogens is 1. The van der Waals surface area contributed by atoms with E-state index in [1.54, 1.807) is 24.3 Å². The molecule has 7 nitrogen and oxygen atoms in total. The molecule has 4 rings (SSSR count). The standard InChI is InChI=1S/C20H14F2N4O3/c21-12-2-1-3-13(22)16(12)18-25-14-9-23-20(29)17(14)19(26-18)24-11-6-4-10(5-7-11)8-15(27)28/h1-7,9,23,29H,8H2,(H,27,28)(H,24,25,26). The highest BCUT2D eigenvalue weighted by Gasteiger charge is 2.19. The molecule has 2 aromatic carbocycles. The minimum absolute atomic E-state index is 0.118. The Hall–Kier alpha value is -4.01. The number of aromatic hydroxyl groups is 1. The minimum Gasteiger partial charge on any atom is -0.494 e. The van der Waals surface area contributed by atoms with Gasteiger partial charge < -0.3 is 20.5 Å². The Morgan fingerprint density at radius 2 is 1.76 bits per heavy atom. The zero-order valence-electron chi connectivity index (χ0n) is 14.8. The Bertz CT molecular complexity index is 1200. The summed E-state index contributed by atoms with van der Waals surface area (Å²) in [6, 6.07) is 9.99. The van der Waals surface area contributed by atoms with E-state index in [1.165, 1.54) is 12.3 Å². The topological polar surface area (TPSA) is 111 Å². The molecule has 29 heavy (non-hydrogen) atoms. The van der Waals surface area contributed by atoms with Crippen LogP contribution in [0.2, 0.25) is 0 Å². The first-order chi connectivity index (χ1) is 13.9. The molecule has 146 valence electrons. The van der Waals surface area contributed by atoms with Gasteiger partial charge in [0, 0.05) is 11.9 Å². The van der Waals surface area contributed by atoms with Crippen LogP contribution in [-0.2, 0) is 11.2 Å². The average Bonchev–Trinajstić information content (AvgIpc) is 3.04. The number of hydrogen-bond donors (Lipinski definition) is 4. The van der Waals surface area contributed by atoms with Crippen LogP contribution in [0.4, 0.5) is 20.3 Å². The van der Waals surface area contributed by atoms with Gasteiger partial charge in [0.05, 0.1) is 17.5 Å². The van der Waals surface area contributed by atoms with E-state index in [4.69, 9.17) is 5.11 Å². The number of carbonyl (C=O) groups is 1. The van der Waals surface area contributed by atoms with Crippen LogP contribution in [-0.4, -0.2) is 31.1 Å². The second-order valence-corrected chi connectivity index (χ2v) is 6.28. The monoisotopic (exact) mass is 396 g/mol. The summed E-state index contributed by atoms with van der Waals surface area (Å²) in [5.41, 5.74) is 1.03. The molecule has 0 aliphatic carbocycles. The lowest BCUT2D eigenvalue weighted by molar-refractivity contribution is -0.136. The van der Waals surface area contributed by atoms with E-state index in [-0.39, 0.29) is 40.4 Å². The first-order valence-electron chi connectivity index (χ1n) is 8.52. The van der Waals surface area contributed by atoms with Crippen molar-refractivity contribution in [2.75, 3.05) is 5.32 Å². The van der Waals surface area contributed by atoms with Gasteiger partial charge >= 0.3 is 5.97 Å². The SMILES string of the molecule is O=C(O)Cc1ccc(Nc2nc(-c3c(F)cccc3F)nc3c[nH]c(O)c23)cc1. The third-order valence-corrected chi connectivity index (χ3v) is 4.28. The molecule has 0 saturated heterocycles. The molecule has 4 aromatic rings. The first kappa shape index (κ1) is 18.4. The number of nitrogens with one attached hydrogen (secondary N) is 2. The van der Waals surface area contributed by atoms with Crippen LogP contribution < -0.4 is 5.32 Å². The minimum atomic E-state index is -0.947. The van der Waals surface area contributed by atoms with Crippen molar-refractivity contribution in [3.63, 3.8) is 0 Å². The number of carboxylic acids is 1. The third kappa shape index (κ3) is 3.57. The average molecular weight is 396 g/mol. The molecule has 0 saturated carbocycles. The van der Waals surface area contributed by atoms with Crippen LogP contribution in [0.3, 0.4) is 0 Å². The van der Waals surface area contributed by atoms with E-state index in [0.29, 0.717) is 11.3 Å². The lowest BCUT2D eigenvalue weighted by Gasteiger charge is -2.11. The fourth-order valence-electron chi connectivity index (χ4n) is 2.96. The fourth-order valence-corrected chi connectivity index (χ4v) is 2.96. The van der Waals surface area contributed by atoms with Crippen molar-refractivity contribution in [2.45, 2.75) is 6.42 Å². The molecule has 0 amide bonds. The highest BCUT2D eigenvalue weighted by Crippen LogP contribution is 2.34. The third-order valence-electron chi connectivity index (χ3n) is 4.28. The number of halogens is 2. The predicted molar refractivity (Wildman–Crippen MR) is 102 cm³/mol. The van der Waals surface area contributed by atoms with Crippen molar-refractivity contribution < 1.29 is 23.8 Å². The van der Waals surface area contributed by atoms with Crippen molar-refractivity contribution in [1.82, 2.24) is 15.0 Å². The summed E-state index contributed by atoms with van der Waals surface area (Å²) < 4.78 is 28.4. The molecule has 2 aromatic heterocycles. The first-order valence-corrected chi connectivity index (χ1v) is 8.52. The van der Waals surface area contributed by atoms with Gasteiger partial charge in [-0.3, -0.25) is 4.79 Å². The summed E-state index contributed by atoms with van der Waals surface area (Å²) >= 11 is 0. The van der Waals surface area contributed by atoms with Gasteiger partial charge in [0.15, 0.2) is 5.82 Å². The predicted octanol–water partition coefficient (Wildman–Crippen LogP) is 3.98. The molecule has 0 spiro atoms. The Morgan fingerprint density at radius 1 is 1.07 bits per heavy atom. The number of rotatable bonds is 5. The Balaban J connectivity index is 1.79. The number of hydrogen-bond acceptors (Lipinski definition) is 5. The van der Waals surface area contributed by atoms with Gasteiger partial charge in [0.2, 0.25) is 5.88 Å². The van der Waals surface area contributed by atoms with E-state index in [2.05, 4.69) is 20.3 Å².